The first-order valence-electron chi connectivity index (χ1n) is 4.16. The summed E-state index contributed by atoms with van der Waals surface area (Å²) >= 11 is 12.0. The highest BCUT2D eigenvalue weighted by Gasteiger charge is 2.15. The van der Waals surface area contributed by atoms with E-state index in [-0.39, 0.29) is 5.38 Å². The molecule has 0 amide bonds. The van der Waals surface area contributed by atoms with Crippen molar-refractivity contribution in [1.82, 2.24) is 0 Å². The van der Waals surface area contributed by atoms with Gasteiger partial charge in [-0.2, -0.15) is 0 Å². The number of ether oxygens (including phenoxy) is 2. The molecule has 1 unspecified atom stereocenters. The average Bonchev–Trinajstić information content (AvgIpc) is 2.17. The molecule has 2 nitrogen and oxygen atoms in total. The highest BCUT2D eigenvalue weighted by atomic mass is 35.5. The van der Waals surface area contributed by atoms with E-state index in [1.807, 2.05) is 13.0 Å². The van der Waals surface area contributed by atoms with Crippen molar-refractivity contribution < 1.29 is 9.47 Å². The van der Waals surface area contributed by atoms with Gasteiger partial charge in [0.1, 0.15) is 16.5 Å². The van der Waals surface area contributed by atoms with Crippen LogP contribution in [-0.4, -0.2) is 14.2 Å². The number of methoxy groups -OCH3 is 2. The third-order valence-corrected chi connectivity index (χ3v) is 2.54. The van der Waals surface area contributed by atoms with Gasteiger partial charge in [-0.05, 0) is 13.0 Å². The van der Waals surface area contributed by atoms with Crippen LogP contribution in [-0.2, 0) is 0 Å². The second-order valence-corrected chi connectivity index (χ2v) is 3.85. The summed E-state index contributed by atoms with van der Waals surface area (Å²) in [5, 5.41) is 0.313. The third-order valence-electron chi connectivity index (χ3n) is 1.94. The lowest BCUT2D eigenvalue weighted by Gasteiger charge is -2.14. The quantitative estimate of drug-likeness (QED) is 0.744. The Morgan fingerprint density at radius 3 is 2.29 bits per heavy atom. The summed E-state index contributed by atoms with van der Waals surface area (Å²) in [5.41, 5.74) is 0.861. The van der Waals surface area contributed by atoms with Crippen LogP contribution in [0.4, 0.5) is 0 Å². The van der Waals surface area contributed by atoms with Gasteiger partial charge in [-0.15, -0.1) is 11.6 Å². The van der Waals surface area contributed by atoms with Gasteiger partial charge in [0, 0.05) is 5.56 Å². The molecule has 0 fully saturated rings. The predicted octanol–water partition coefficient (Wildman–Crippen LogP) is 3.66. The van der Waals surface area contributed by atoms with Crippen LogP contribution in [0.3, 0.4) is 0 Å². The second-order valence-electron chi connectivity index (χ2n) is 2.82. The zero-order valence-electron chi connectivity index (χ0n) is 8.30. The van der Waals surface area contributed by atoms with Crippen LogP contribution in [0.2, 0.25) is 5.02 Å². The Morgan fingerprint density at radius 1 is 1.21 bits per heavy atom. The molecular formula is C10H12Cl2O2. The molecule has 0 aliphatic carbocycles. The van der Waals surface area contributed by atoms with E-state index >= 15 is 0 Å². The summed E-state index contributed by atoms with van der Waals surface area (Å²) in [4.78, 5) is 0. The lowest BCUT2D eigenvalue weighted by Crippen LogP contribution is -1.95. The van der Waals surface area contributed by atoms with Gasteiger partial charge in [0.15, 0.2) is 0 Å². The maximum Gasteiger partial charge on any atom is 0.145 e. The standard InChI is InChI=1S/C10H12Cl2O2/c1-6(11)7-4-5-8(13-2)9(12)10(7)14-3/h4-6H,1-3H3. The number of benzene rings is 1. The molecule has 4 heteroatoms. The third kappa shape index (κ3) is 2.07. The van der Waals surface area contributed by atoms with E-state index in [1.165, 1.54) is 0 Å². The molecule has 0 N–H and O–H groups in total. The van der Waals surface area contributed by atoms with E-state index in [1.54, 1.807) is 20.3 Å². The summed E-state index contributed by atoms with van der Waals surface area (Å²) < 4.78 is 10.3. The normalized spacial score (nSPS) is 12.4. The smallest absolute Gasteiger partial charge is 0.145 e. The Balaban J connectivity index is 3.28. The zero-order chi connectivity index (χ0) is 10.7. The number of hydrogen-bond acceptors (Lipinski definition) is 2. The zero-order valence-corrected chi connectivity index (χ0v) is 9.82. The van der Waals surface area contributed by atoms with Crippen molar-refractivity contribution in [3.63, 3.8) is 0 Å². The van der Waals surface area contributed by atoms with Crippen LogP contribution in [0, 0.1) is 0 Å². The molecule has 1 atom stereocenters. The average molecular weight is 235 g/mol. The molecule has 0 heterocycles. The highest BCUT2D eigenvalue weighted by molar-refractivity contribution is 6.34. The van der Waals surface area contributed by atoms with Gasteiger partial charge in [0.05, 0.1) is 19.6 Å². The monoisotopic (exact) mass is 234 g/mol. The molecule has 0 saturated heterocycles. The molecule has 0 aliphatic rings. The molecule has 0 radical (unpaired) electrons. The highest BCUT2D eigenvalue weighted by Crippen LogP contribution is 2.40. The van der Waals surface area contributed by atoms with E-state index in [9.17, 15) is 0 Å². The summed E-state index contributed by atoms with van der Waals surface area (Å²) in [6.45, 7) is 1.86. The van der Waals surface area contributed by atoms with E-state index in [2.05, 4.69) is 0 Å². The molecule has 0 saturated carbocycles. The molecule has 1 aromatic rings. The Bertz CT molecular complexity index is 324. The molecule has 14 heavy (non-hydrogen) atoms. The maximum atomic E-state index is 6.05. The molecule has 0 aliphatic heterocycles. The minimum absolute atomic E-state index is 0.145. The van der Waals surface area contributed by atoms with Gasteiger partial charge in [0.2, 0.25) is 0 Å². The van der Waals surface area contributed by atoms with Gasteiger partial charge in [0.25, 0.3) is 0 Å². The van der Waals surface area contributed by atoms with Gasteiger partial charge < -0.3 is 9.47 Å². The second kappa shape index (κ2) is 4.76. The van der Waals surface area contributed by atoms with Crippen LogP contribution >= 0.6 is 23.2 Å². The summed E-state index contributed by atoms with van der Waals surface area (Å²) in [5.74, 6) is 1.16. The van der Waals surface area contributed by atoms with Crippen LogP contribution in [0.25, 0.3) is 0 Å². The van der Waals surface area contributed by atoms with Crippen molar-refractivity contribution in [3.05, 3.63) is 22.7 Å². The van der Waals surface area contributed by atoms with Gasteiger partial charge >= 0.3 is 0 Å². The molecule has 1 rings (SSSR count). The fourth-order valence-corrected chi connectivity index (χ4v) is 1.73. The van der Waals surface area contributed by atoms with Gasteiger partial charge in [-0.25, -0.2) is 0 Å². The van der Waals surface area contributed by atoms with Gasteiger partial charge in [-0.3, -0.25) is 0 Å². The number of rotatable bonds is 3. The predicted molar refractivity (Wildman–Crippen MR) is 58.8 cm³/mol. The van der Waals surface area contributed by atoms with Crippen LogP contribution in [0.1, 0.15) is 17.9 Å². The SMILES string of the molecule is COc1ccc(C(C)Cl)c(OC)c1Cl. The number of alkyl halides is 1. The first kappa shape index (κ1) is 11.5. The van der Waals surface area contributed by atoms with Crippen molar-refractivity contribution in [2.24, 2.45) is 0 Å². The maximum absolute atomic E-state index is 6.05. The van der Waals surface area contributed by atoms with Crippen molar-refractivity contribution in [1.29, 1.82) is 0 Å². The molecule has 0 spiro atoms. The fourth-order valence-electron chi connectivity index (χ4n) is 1.23. The van der Waals surface area contributed by atoms with E-state index in [0.717, 1.165) is 5.56 Å². The van der Waals surface area contributed by atoms with E-state index in [4.69, 9.17) is 32.7 Å². The molecular weight excluding hydrogens is 223 g/mol. The van der Waals surface area contributed by atoms with Crippen LogP contribution in [0.5, 0.6) is 11.5 Å². The van der Waals surface area contributed by atoms with Crippen LogP contribution in [0.15, 0.2) is 12.1 Å². The molecule has 0 bridgehead atoms. The van der Waals surface area contributed by atoms with Crippen molar-refractivity contribution in [2.45, 2.75) is 12.3 Å². The Morgan fingerprint density at radius 2 is 1.86 bits per heavy atom. The Labute approximate surface area is 93.7 Å². The van der Waals surface area contributed by atoms with Gasteiger partial charge in [-0.1, -0.05) is 17.7 Å². The lowest BCUT2D eigenvalue weighted by molar-refractivity contribution is 0.391. The first-order valence-corrected chi connectivity index (χ1v) is 4.97. The Hall–Kier alpha value is -0.600. The largest absolute Gasteiger partial charge is 0.495 e. The topological polar surface area (TPSA) is 18.5 Å². The molecule has 0 aromatic heterocycles. The molecule has 78 valence electrons. The summed E-state index contributed by atoms with van der Waals surface area (Å²) in [6.07, 6.45) is 0. The summed E-state index contributed by atoms with van der Waals surface area (Å²) in [6, 6.07) is 3.63. The minimum atomic E-state index is -0.145. The number of halogens is 2. The summed E-state index contributed by atoms with van der Waals surface area (Å²) in [7, 11) is 3.12. The lowest BCUT2D eigenvalue weighted by atomic mass is 10.1. The Kier molecular flexibility index (Phi) is 3.90. The molecule has 1 aromatic carbocycles. The van der Waals surface area contributed by atoms with E-state index < -0.39 is 0 Å². The fraction of sp³-hybridized carbons (Fsp3) is 0.400. The minimum Gasteiger partial charge on any atom is -0.495 e. The van der Waals surface area contributed by atoms with E-state index in [0.29, 0.717) is 16.5 Å². The van der Waals surface area contributed by atoms with Crippen molar-refractivity contribution in [3.8, 4) is 11.5 Å². The van der Waals surface area contributed by atoms with Crippen molar-refractivity contribution >= 4 is 23.2 Å². The van der Waals surface area contributed by atoms with Crippen LogP contribution < -0.4 is 9.47 Å². The van der Waals surface area contributed by atoms with Crippen molar-refractivity contribution in [2.75, 3.05) is 14.2 Å². The number of hydrogen-bond donors (Lipinski definition) is 0. The first-order chi connectivity index (χ1) is 6.61.